The number of ether oxygens (including phenoxy) is 2. The molecule has 0 bridgehead atoms. The first-order valence-electron chi connectivity index (χ1n) is 8.36. The Morgan fingerprint density at radius 1 is 1.10 bits per heavy atom. The Morgan fingerprint density at radius 2 is 1.90 bits per heavy atom. The van der Waals surface area contributed by atoms with Crippen molar-refractivity contribution in [2.24, 2.45) is 11.8 Å². The smallest absolute Gasteiger partial charge is 0.0630 e. The highest BCUT2D eigenvalue weighted by atomic mass is 16.5. The molecule has 2 aliphatic rings. The number of hydrogen-bond donors (Lipinski definition) is 1. The lowest BCUT2D eigenvalue weighted by Gasteiger charge is -2.34. The third-order valence-electron chi connectivity index (χ3n) is 4.77. The van der Waals surface area contributed by atoms with Crippen LogP contribution in [-0.4, -0.2) is 39.0 Å². The van der Waals surface area contributed by atoms with Gasteiger partial charge in [0.05, 0.1) is 6.10 Å². The van der Waals surface area contributed by atoms with E-state index >= 15 is 0 Å². The van der Waals surface area contributed by atoms with Gasteiger partial charge < -0.3 is 14.8 Å². The topological polar surface area (TPSA) is 30.5 Å². The van der Waals surface area contributed by atoms with Gasteiger partial charge in [-0.2, -0.15) is 0 Å². The summed E-state index contributed by atoms with van der Waals surface area (Å²) >= 11 is 0. The highest BCUT2D eigenvalue weighted by molar-refractivity contribution is 5.15. The first-order chi connectivity index (χ1) is 10.4. The number of nitrogens with one attached hydrogen (secondary N) is 1. The zero-order valence-electron chi connectivity index (χ0n) is 12.8. The summed E-state index contributed by atoms with van der Waals surface area (Å²) in [6, 6.07) is 10.8. The molecule has 116 valence electrons. The maximum absolute atomic E-state index is 6.31. The Kier molecular flexibility index (Phi) is 5.67. The molecule has 0 spiro atoms. The van der Waals surface area contributed by atoms with Crippen molar-refractivity contribution in [2.75, 3.05) is 32.9 Å². The largest absolute Gasteiger partial charge is 0.381 e. The second-order valence-corrected chi connectivity index (χ2v) is 6.37. The molecule has 2 heterocycles. The van der Waals surface area contributed by atoms with Crippen molar-refractivity contribution in [3.05, 3.63) is 35.9 Å². The van der Waals surface area contributed by atoms with Gasteiger partial charge in [0.25, 0.3) is 0 Å². The summed E-state index contributed by atoms with van der Waals surface area (Å²) in [6.07, 6.45) is 4.99. The molecule has 0 unspecified atom stereocenters. The summed E-state index contributed by atoms with van der Waals surface area (Å²) in [5, 5.41) is 3.52. The zero-order valence-corrected chi connectivity index (χ0v) is 12.8. The van der Waals surface area contributed by atoms with Crippen molar-refractivity contribution in [1.29, 1.82) is 0 Å². The van der Waals surface area contributed by atoms with Crippen LogP contribution in [0.2, 0.25) is 0 Å². The van der Waals surface area contributed by atoms with Crippen LogP contribution >= 0.6 is 0 Å². The van der Waals surface area contributed by atoms with Crippen LogP contribution in [-0.2, 0) is 15.9 Å². The van der Waals surface area contributed by atoms with Gasteiger partial charge in [0.1, 0.15) is 0 Å². The second kappa shape index (κ2) is 7.92. The maximum Gasteiger partial charge on any atom is 0.0630 e. The third kappa shape index (κ3) is 4.53. The van der Waals surface area contributed by atoms with E-state index in [9.17, 15) is 0 Å². The molecule has 3 rings (SSSR count). The predicted octanol–water partition coefficient (Wildman–Crippen LogP) is 2.65. The normalized spacial score (nSPS) is 27.6. The van der Waals surface area contributed by atoms with Gasteiger partial charge in [0.15, 0.2) is 0 Å². The summed E-state index contributed by atoms with van der Waals surface area (Å²) in [5.74, 6) is 1.30. The molecule has 2 aliphatic heterocycles. The molecule has 2 saturated heterocycles. The Morgan fingerprint density at radius 3 is 2.71 bits per heavy atom. The Bertz CT molecular complexity index is 403. The van der Waals surface area contributed by atoms with Gasteiger partial charge in [-0.25, -0.2) is 0 Å². The fourth-order valence-corrected chi connectivity index (χ4v) is 3.41. The van der Waals surface area contributed by atoms with Gasteiger partial charge in [0, 0.05) is 32.3 Å². The molecule has 1 aromatic rings. The van der Waals surface area contributed by atoms with Crippen LogP contribution in [0.3, 0.4) is 0 Å². The fraction of sp³-hybridized carbons (Fsp3) is 0.667. The van der Waals surface area contributed by atoms with E-state index in [2.05, 4.69) is 35.6 Å². The molecule has 0 radical (unpaired) electrons. The molecule has 0 aliphatic carbocycles. The van der Waals surface area contributed by atoms with Crippen molar-refractivity contribution < 1.29 is 9.47 Å². The highest BCUT2D eigenvalue weighted by Crippen LogP contribution is 2.23. The molecule has 1 N–H and O–H groups in total. The highest BCUT2D eigenvalue weighted by Gasteiger charge is 2.27. The van der Waals surface area contributed by atoms with E-state index in [0.29, 0.717) is 17.9 Å². The molecule has 2 atom stereocenters. The van der Waals surface area contributed by atoms with Gasteiger partial charge in [-0.15, -0.1) is 0 Å². The van der Waals surface area contributed by atoms with E-state index in [1.165, 1.54) is 5.56 Å². The van der Waals surface area contributed by atoms with Crippen LogP contribution in [0.1, 0.15) is 24.8 Å². The molecule has 0 aromatic heterocycles. The van der Waals surface area contributed by atoms with E-state index in [0.717, 1.165) is 58.6 Å². The molecule has 0 saturated carbocycles. The zero-order chi connectivity index (χ0) is 14.3. The molecular formula is C18H27NO2. The fourth-order valence-electron chi connectivity index (χ4n) is 3.41. The summed E-state index contributed by atoms with van der Waals surface area (Å²) in [7, 11) is 0. The van der Waals surface area contributed by atoms with E-state index in [1.807, 2.05) is 0 Å². The molecule has 1 aromatic carbocycles. The van der Waals surface area contributed by atoms with Gasteiger partial charge in [-0.05, 0) is 43.7 Å². The molecule has 3 nitrogen and oxygen atoms in total. The lowest BCUT2D eigenvalue weighted by molar-refractivity contribution is -0.0426. The van der Waals surface area contributed by atoms with E-state index in [-0.39, 0.29) is 0 Å². The van der Waals surface area contributed by atoms with Crippen LogP contribution in [0.15, 0.2) is 30.3 Å². The van der Waals surface area contributed by atoms with Crippen LogP contribution < -0.4 is 5.32 Å². The van der Waals surface area contributed by atoms with Gasteiger partial charge >= 0.3 is 0 Å². The van der Waals surface area contributed by atoms with Crippen molar-refractivity contribution in [1.82, 2.24) is 5.32 Å². The minimum absolute atomic E-state index is 0.411. The van der Waals surface area contributed by atoms with Crippen molar-refractivity contribution >= 4 is 0 Å². The molecule has 2 fully saturated rings. The molecular weight excluding hydrogens is 262 g/mol. The molecule has 0 amide bonds. The summed E-state index contributed by atoms with van der Waals surface area (Å²) in [6.45, 7) is 4.90. The number of benzene rings is 1. The maximum atomic E-state index is 6.31. The van der Waals surface area contributed by atoms with Crippen molar-refractivity contribution in [2.45, 2.75) is 31.8 Å². The van der Waals surface area contributed by atoms with E-state index in [4.69, 9.17) is 9.47 Å². The average Bonchev–Trinajstić information content (AvgIpc) is 2.56. The first-order valence-corrected chi connectivity index (χ1v) is 8.36. The predicted molar refractivity (Wildman–Crippen MR) is 84.4 cm³/mol. The first kappa shape index (κ1) is 15.0. The quantitative estimate of drug-likeness (QED) is 0.904. The molecule has 3 heteroatoms. The Balaban J connectivity index is 1.51. The summed E-state index contributed by atoms with van der Waals surface area (Å²) < 4.78 is 11.7. The number of rotatable bonds is 5. The summed E-state index contributed by atoms with van der Waals surface area (Å²) in [4.78, 5) is 0. The summed E-state index contributed by atoms with van der Waals surface area (Å²) in [5.41, 5.74) is 1.42. The average molecular weight is 289 g/mol. The lowest BCUT2D eigenvalue weighted by Crippen LogP contribution is -2.43. The van der Waals surface area contributed by atoms with Crippen LogP contribution in [0.5, 0.6) is 0 Å². The van der Waals surface area contributed by atoms with Crippen LogP contribution in [0.4, 0.5) is 0 Å². The lowest BCUT2D eigenvalue weighted by atomic mass is 9.89. The number of hydrogen-bond acceptors (Lipinski definition) is 3. The van der Waals surface area contributed by atoms with Crippen LogP contribution in [0, 0.1) is 11.8 Å². The Hall–Kier alpha value is -0.900. The van der Waals surface area contributed by atoms with Gasteiger partial charge in [-0.3, -0.25) is 0 Å². The van der Waals surface area contributed by atoms with E-state index < -0.39 is 0 Å². The minimum atomic E-state index is 0.411. The SMILES string of the molecule is c1ccc(C[C@H]2CNCC[C@H]2OCC2CCOCC2)cc1. The van der Waals surface area contributed by atoms with Crippen molar-refractivity contribution in [3.8, 4) is 0 Å². The third-order valence-corrected chi connectivity index (χ3v) is 4.77. The Labute approximate surface area is 128 Å². The van der Waals surface area contributed by atoms with Gasteiger partial charge in [0.2, 0.25) is 0 Å². The van der Waals surface area contributed by atoms with Crippen molar-refractivity contribution in [3.63, 3.8) is 0 Å². The minimum Gasteiger partial charge on any atom is -0.381 e. The number of piperidine rings is 1. The molecule has 21 heavy (non-hydrogen) atoms. The standard InChI is InChI=1S/C18H27NO2/c1-2-4-15(5-3-1)12-17-13-19-9-6-18(17)21-14-16-7-10-20-11-8-16/h1-5,16-19H,6-14H2/t17-,18+/m0/s1. The van der Waals surface area contributed by atoms with Gasteiger partial charge in [-0.1, -0.05) is 30.3 Å². The van der Waals surface area contributed by atoms with Crippen LogP contribution in [0.25, 0.3) is 0 Å². The monoisotopic (exact) mass is 289 g/mol. The van der Waals surface area contributed by atoms with E-state index in [1.54, 1.807) is 0 Å². The second-order valence-electron chi connectivity index (χ2n) is 6.37.